The molecule has 1 amide bonds. The number of carbonyl (C=O) groups is 1. The molecule has 0 spiro atoms. The maximum atomic E-state index is 13.3. The SMILES string of the molecule is CC(C)n1cc(C(=O)Nc2ccccc2)c(-c2ccccc2)c1-c1ccncc1. The van der Waals surface area contributed by atoms with Crippen molar-refractivity contribution in [3.63, 3.8) is 0 Å². The van der Waals surface area contributed by atoms with E-state index in [-0.39, 0.29) is 11.9 Å². The Bertz CT molecular complexity index is 1100. The lowest BCUT2D eigenvalue weighted by Gasteiger charge is -2.15. The summed E-state index contributed by atoms with van der Waals surface area (Å²) in [5.74, 6) is -0.121. The Kier molecular flexibility index (Phi) is 5.25. The molecule has 0 aliphatic rings. The van der Waals surface area contributed by atoms with Gasteiger partial charge in [0.1, 0.15) is 0 Å². The number of carbonyl (C=O) groups excluding carboxylic acids is 1. The van der Waals surface area contributed by atoms with Crippen LogP contribution in [0.15, 0.2) is 91.4 Å². The van der Waals surface area contributed by atoms with E-state index in [4.69, 9.17) is 0 Å². The van der Waals surface area contributed by atoms with Gasteiger partial charge in [-0.2, -0.15) is 0 Å². The lowest BCUT2D eigenvalue weighted by molar-refractivity contribution is 0.102. The lowest BCUT2D eigenvalue weighted by atomic mass is 9.97. The van der Waals surface area contributed by atoms with Gasteiger partial charge in [-0.1, -0.05) is 48.5 Å². The number of nitrogens with one attached hydrogen (secondary N) is 1. The van der Waals surface area contributed by atoms with E-state index in [1.165, 1.54) is 0 Å². The van der Waals surface area contributed by atoms with Crippen molar-refractivity contribution in [1.29, 1.82) is 0 Å². The van der Waals surface area contributed by atoms with Crippen LogP contribution in [0.1, 0.15) is 30.2 Å². The van der Waals surface area contributed by atoms with Gasteiger partial charge in [-0.15, -0.1) is 0 Å². The van der Waals surface area contributed by atoms with E-state index >= 15 is 0 Å². The molecule has 4 rings (SSSR count). The Morgan fingerprint density at radius 2 is 1.48 bits per heavy atom. The first kappa shape index (κ1) is 18.7. The van der Waals surface area contributed by atoms with E-state index in [1.807, 2.05) is 79.0 Å². The van der Waals surface area contributed by atoms with Crippen molar-refractivity contribution in [2.45, 2.75) is 19.9 Å². The van der Waals surface area contributed by atoms with Gasteiger partial charge in [0.05, 0.1) is 11.3 Å². The minimum Gasteiger partial charge on any atom is -0.344 e. The highest BCUT2D eigenvalue weighted by atomic mass is 16.1. The number of anilines is 1. The third kappa shape index (κ3) is 3.83. The molecule has 4 heteroatoms. The molecule has 4 nitrogen and oxygen atoms in total. The Balaban J connectivity index is 1.92. The summed E-state index contributed by atoms with van der Waals surface area (Å²) >= 11 is 0. The fourth-order valence-electron chi connectivity index (χ4n) is 3.52. The van der Waals surface area contributed by atoms with Crippen LogP contribution in [-0.4, -0.2) is 15.5 Å². The second-order valence-corrected chi connectivity index (χ2v) is 7.19. The summed E-state index contributed by atoms with van der Waals surface area (Å²) in [7, 11) is 0. The molecule has 0 aliphatic heterocycles. The van der Waals surface area contributed by atoms with Crippen LogP contribution < -0.4 is 5.32 Å². The minimum atomic E-state index is -0.121. The van der Waals surface area contributed by atoms with Crippen LogP contribution in [0.2, 0.25) is 0 Å². The molecule has 0 saturated carbocycles. The number of aromatic nitrogens is 2. The summed E-state index contributed by atoms with van der Waals surface area (Å²) in [5, 5.41) is 3.03. The molecule has 144 valence electrons. The van der Waals surface area contributed by atoms with Crippen LogP contribution in [0.5, 0.6) is 0 Å². The first-order valence-electron chi connectivity index (χ1n) is 9.72. The van der Waals surface area contributed by atoms with Gasteiger partial charge in [0.2, 0.25) is 0 Å². The van der Waals surface area contributed by atoms with Crippen LogP contribution in [0, 0.1) is 0 Å². The van der Waals surface area contributed by atoms with Crippen LogP contribution in [0.4, 0.5) is 5.69 Å². The third-order valence-electron chi connectivity index (χ3n) is 4.88. The number of hydrogen-bond acceptors (Lipinski definition) is 2. The Morgan fingerprint density at radius 3 is 2.10 bits per heavy atom. The average molecular weight is 381 g/mol. The molecule has 0 radical (unpaired) electrons. The number of benzene rings is 2. The molecule has 2 heterocycles. The Hall–Kier alpha value is -3.66. The molecule has 0 bridgehead atoms. The molecule has 2 aromatic carbocycles. The second kappa shape index (κ2) is 8.15. The van der Waals surface area contributed by atoms with Crippen LogP contribution in [0.3, 0.4) is 0 Å². The molecule has 4 aromatic rings. The summed E-state index contributed by atoms with van der Waals surface area (Å²) in [6, 6.07) is 23.8. The van der Waals surface area contributed by atoms with Crippen molar-refractivity contribution in [3.05, 3.63) is 97.0 Å². The number of nitrogens with zero attached hydrogens (tertiary/aromatic N) is 2. The standard InChI is InChI=1S/C25H23N3O/c1-18(2)28-17-22(25(29)27-21-11-7-4-8-12-21)23(19-9-5-3-6-10-19)24(28)20-13-15-26-16-14-20/h3-18H,1-2H3,(H,27,29). The van der Waals surface area contributed by atoms with Gasteiger partial charge >= 0.3 is 0 Å². The molecule has 0 unspecified atom stereocenters. The zero-order valence-electron chi connectivity index (χ0n) is 16.5. The Morgan fingerprint density at radius 1 is 0.862 bits per heavy atom. The predicted molar refractivity (Wildman–Crippen MR) is 118 cm³/mol. The predicted octanol–water partition coefficient (Wildman–Crippen LogP) is 6.05. The number of hydrogen-bond donors (Lipinski definition) is 1. The molecule has 29 heavy (non-hydrogen) atoms. The van der Waals surface area contributed by atoms with E-state index in [0.717, 1.165) is 28.1 Å². The summed E-state index contributed by atoms with van der Waals surface area (Å²) in [5.41, 5.74) is 5.42. The van der Waals surface area contributed by atoms with Crippen LogP contribution >= 0.6 is 0 Å². The number of rotatable bonds is 5. The van der Waals surface area contributed by atoms with Crippen molar-refractivity contribution in [1.82, 2.24) is 9.55 Å². The number of amides is 1. The van der Waals surface area contributed by atoms with Gasteiger partial charge in [-0.25, -0.2) is 0 Å². The van der Waals surface area contributed by atoms with Crippen LogP contribution in [0.25, 0.3) is 22.4 Å². The normalized spacial score (nSPS) is 10.9. The zero-order chi connectivity index (χ0) is 20.2. The highest BCUT2D eigenvalue weighted by molar-refractivity contribution is 6.11. The monoisotopic (exact) mass is 381 g/mol. The number of pyridine rings is 1. The Labute approximate surface area is 170 Å². The first-order chi connectivity index (χ1) is 14.1. The summed E-state index contributed by atoms with van der Waals surface area (Å²) in [6.45, 7) is 4.25. The molecule has 0 fully saturated rings. The largest absolute Gasteiger partial charge is 0.344 e. The average Bonchev–Trinajstić information content (AvgIpc) is 3.17. The smallest absolute Gasteiger partial charge is 0.257 e. The molecular formula is C25H23N3O. The highest BCUT2D eigenvalue weighted by Crippen LogP contribution is 2.38. The van der Waals surface area contributed by atoms with Gasteiger partial charge in [0.25, 0.3) is 5.91 Å². The fourth-order valence-corrected chi connectivity index (χ4v) is 3.52. The molecule has 0 saturated heterocycles. The molecule has 1 N–H and O–H groups in total. The van der Waals surface area contributed by atoms with Gasteiger partial charge in [0.15, 0.2) is 0 Å². The molecule has 2 aromatic heterocycles. The van der Waals surface area contributed by atoms with Gasteiger partial charge in [-0.3, -0.25) is 9.78 Å². The maximum absolute atomic E-state index is 13.3. The molecule has 0 atom stereocenters. The van der Waals surface area contributed by atoms with Crippen molar-refractivity contribution in [2.24, 2.45) is 0 Å². The second-order valence-electron chi connectivity index (χ2n) is 7.19. The highest BCUT2D eigenvalue weighted by Gasteiger charge is 2.24. The van der Waals surface area contributed by atoms with E-state index in [9.17, 15) is 4.79 Å². The van der Waals surface area contributed by atoms with E-state index < -0.39 is 0 Å². The van der Waals surface area contributed by atoms with E-state index in [0.29, 0.717) is 5.56 Å². The van der Waals surface area contributed by atoms with Crippen molar-refractivity contribution >= 4 is 11.6 Å². The van der Waals surface area contributed by atoms with Crippen molar-refractivity contribution in [3.8, 4) is 22.4 Å². The van der Waals surface area contributed by atoms with Gasteiger partial charge in [0, 0.05) is 41.4 Å². The summed E-state index contributed by atoms with van der Waals surface area (Å²) in [6.07, 6.45) is 5.53. The van der Waals surface area contributed by atoms with Crippen molar-refractivity contribution < 1.29 is 4.79 Å². The maximum Gasteiger partial charge on any atom is 0.257 e. The third-order valence-corrected chi connectivity index (χ3v) is 4.88. The summed E-state index contributed by atoms with van der Waals surface area (Å²) < 4.78 is 2.16. The molecular weight excluding hydrogens is 358 g/mol. The van der Waals surface area contributed by atoms with Crippen molar-refractivity contribution in [2.75, 3.05) is 5.32 Å². The zero-order valence-corrected chi connectivity index (χ0v) is 16.5. The number of para-hydroxylation sites is 1. The fraction of sp³-hybridized carbons (Fsp3) is 0.120. The van der Waals surface area contributed by atoms with Crippen LogP contribution in [-0.2, 0) is 0 Å². The topological polar surface area (TPSA) is 46.9 Å². The van der Waals surface area contributed by atoms with Gasteiger partial charge < -0.3 is 9.88 Å². The quantitative estimate of drug-likeness (QED) is 0.457. The lowest BCUT2D eigenvalue weighted by Crippen LogP contribution is -2.12. The molecule has 0 aliphatic carbocycles. The van der Waals surface area contributed by atoms with Gasteiger partial charge in [-0.05, 0) is 43.7 Å². The van der Waals surface area contributed by atoms with E-state index in [1.54, 1.807) is 12.4 Å². The summed E-state index contributed by atoms with van der Waals surface area (Å²) in [4.78, 5) is 17.4. The minimum absolute atomic E-state index is 0.121. The first-order valence-corrected chi connectivity index (χ1v) is 9.72. The van der Waals surface area contributed by atoms with E-state index in [2.05, 4.69) is 28.7 Å².